The van der Waals surface area contributed by atoms with E-state index in [1.165, 1.54) is 51.4 Å². The molecule has 0 heterocycles. The Morgan fingerprint density at radius 1 is 0.923 bits per heavy atom. The maximum Gasteiger partial charge on any atom is 0.132 e. The molecule has 150 valence electrons. The van der Waals surface area contributed by atoms with Crippen LogP contribution in [0, 0.1) is 5.92 Å². The largest absolute Gasteiger partial charge is 0.309 e. The standard InChI is InChI=1S/C24H43NO/c1-25(2)22-16-15-21-24(26)20-12-10-8-6-4-3-5-7-9-11-17-23-18-13-14-19-23/h4,6,13,18,23H,3,5,7-12,14-17,19-22H2,1-2H3/b6-4+/t23-/m0/s1. The monoisotopic (exact) mass is 361 g/mol. The molecule has 1 atom stereocenters. The highest BCUT2D eigenvalue weighted by Gasteiger charge is 2.07. The van der Waals surface area contributed by atoms with E-state index in [4.69, 9.17) is 0 Å². The smallest absolute Gasteiger partial charge is 0.132 e. The zero-order valence-corrected chi connectivity index (χ0v) is 17.6. The fourth-order valence-electron chi connectivity index (χ4n) is 3.65. The van der Waals surface area contributed by atoms with Gasteiger partial charge in [0.1, 0.15) is 5.78 Å². The number of Topliss-reactive ketones (excluding diaryl/α,β-unsaturated/α-hetero) is 1. The van der Waals surface area contributed by atoms with Crippen molar-refractivity contribution >= 4 is 5.78 Å². The van der Waals surface area contributed by atoms with E-state index in [1.54, 1.807) is 0 Å². The molecule has 1 aliphatic rings. The van der Waals surface area contributed by atoms with Crippen molar-refractivity contribution in [2.45, 2.75) is 96.3 Å². The molecule has 1 rings (SSSR count). The van der Waals surface area contributed by atoms with Crippen LogP contribution in [0.2, 0.25) is 0 Å². The lowest BCUT2D eigenvalue weighted by Crippen LogP contribution is -2.13. The first-order valence-corrected chi connectivity index (χ1v) is 11.2. The summed E-state index contributed by atoms with van der Waals surface area (Å²) in [6.45, 7) is 1.09. The molecule has 0 fully saturated rings. The van der Waals surface area contributed by atoms with E-state index < -0.39 is 0 Å². The van der Waals surface area contributed by atoms with Gasteiger partial charge >= 0.3 is 0 Å². The van der Waals surface area contributed by atoms with Crippen molar-refractivity contribution in [3.63, 3.8) is 0 Å². The summed E-state index contributed by atoms with van der Waals surface area (Å²) in [4.78, 5) is 14.0. The molecule has 0 aromatic carbocycles. The fourth-order valence-corrected chi connectivity index (χ4v) is 3.65. The zero-order chi connectivity index (χ0) is 18.9. The van der Waals surface area contributed by atoms with Gasteiger partial charge in [-0.05, 0) is 90.8 Å². The molecule has 0 aromatic heterocycles. The number of carbonyl (C=O) groups excluding carboxylic acids is 1. The molecule has 0 aromatic rings. The van der Waals surface area contributed by atoms with Gasteiger partial charge in [0.2, 0.25) is 0 Å². The third-order valence-corrected chi connectivity index (χ3v) is 5.36. The van der Waals surface area contributed by atoms with E-state index in [0.717, 1.165) is 57.4 Å². The van der Waals surface area contributed by atoms with Crippen molar-refractivity contribution < 1.29 is 4.79 Å². The fraction of sp³-hybridized carbons (Fsp3) is 0.792. The highest BCUT2D eigenvalue weighted by molar-refractivity contribution is 5.78. The Morgan fingerprint density at radius 2 is 1.58 bits per heavy atom. The number of rotatable bonds is 17. The molecule has 1 aliphatic carbocycles. The molecule has 0 radical (unpaired) electrons. The van der Waals surface area contributed by atoms with Crippen LogP contribution in [0.25, 0.3) is 0 Å². The molecule has 0 saturated carbocycles. The summed E-state index contributed by atoms with van der Waals surface area (Å²) < 4.78 is 0. The van der Waals surface area contributed by atoms with Crippen molar-refractivity contribution in [1.29, 1.82) is 0 Å². The molecule has 0 unspecified atom stereocenters. The first kappa shape index (κ1) is 23.1. The molecule has 2 nitrogen and oxygen atoms in total. The van der Waals surface area contributed by atoms with Crippen LogP contribution in [0.3, 0.4) is 0 Å². The predicted molar refractivity (Wildman–Crippen MR) is 115 cm³/mol. The number of nitrogens with zero attached hydrogens (tertiary/aromatic N) is 1. The van der Waals surface area contributed by atoms with Crippen LogP contribution in [0.1, 0.15) is 96.3 Å². The Balaban J connectivity index is 1.78. The Hall–Kier alpha value is -0.890. The summed E-state index contributed by atoms with van der Waals surface area (Å²) >= 11 is 0. The minimum atomic E-state index is 0.459. The normalized spacial score (nSPS) is 17.0. The van der Waals surface area contributed by atoms with Crippen LogP contribution in [0.5, 0.6) is 0 Å². The van der Waals surface area contributed by atoms with Gasteiger partial charge in [-0.15, -0.1) is 0 Å². The Morgan fingerprint density at radius 3 is 2.23 bits per heavy atom. The van der Waals surface area contributed by atoms with Gasteiger partial charge in [0.25, 0.3) is 0 Å². The Kier molecular flexibility index (Phi) is 14.5. The summed E-state index contributed by atoms with van der Waals surface area (Å²) in [7, 11) is 4.18. The van der Waals surface area contributed by atoms with Gasteiger partial charge in [-0.1, -0.05) is 43.6 Å². The molecule has 0 bridgehead atoms. The molecule has 2 heteroatoms. The van der Waals surface area contributed by atoms with Crippen LogP contribution < -0.4 is 0 Å². The van der Waals surface area contributed by atoms with Crippen LogP contribution in [0.15, 0.2) is 24.3 Å². The average Bonchev–Trinajstić information content (AvgIpc) is 3.13. The van der Waals surface area contributed by atoms with E-state index in [1.807, 2.05) is 0 Å². The summed E-state index contributed by atoms with van der Waals surface area (Å²) in [5.41, 5.74) is 0. The van der Waals surface area contributed by atoms with Gasteiger partial charge in [-0.3, -0.25) is 4.79 Å². The lowest BCUT2D eigenvalue weighted by molar-refractivity contribution is -0.119. The lowest BCUT2D eigenvalue weighted by atomic mass is 10.00. The van der Waals surface area contributed by atoms with Gasteiger partial charge in [0.05, 0.1) is 0 Å². The van der Waals surface area contributed by atoms with Crippen molar-refractivity contribution in [2.75, 3.05) is 20.6 Å². The summed E-state index contributed by atoms with van der Waals surface area (Å²) in [6.07, 6.45) is 27.4. The summed E-state index contributed by atoms with van der Waals surface area (Å²) in [5.74, 6) is 1.35. The molecule has 0 aliphatic heterocycles. The number of unbranched alkanes of at least 4 members (excludes halogenated alkanes) is 7. The molecule has 0 spiro atoms. The first-order valence-electron chi connectivity index (χ1n) is 11.2. The van der Waals surface area contributed by atoms with Gasteiger partial charge in [0, 0.05) is 12.8 Å². The second-order valence-electron chi connectivity index (χ2n) is 8.27. The molecule has 0 N–H and O–H groups in total. The topological polar surface area (TPSA) is 20.3 Å². The van der Waals surface area contributed by atoms with Crippen molar-refractivity contribution in [1.82, 2.24) is 4.90 Å². The number of allylic oxidation sites excluding steroid dienone is 4. The number of hydrogen-bond donors (Lipinski definition) is 0. The summed E-state index contributed by atoms with van der Waals surface area (Å²) in [5, 5.41) is 0. The number of ketones is 1. The van der Waals surface area contributed by atoms with Crippen molar-refractivity contribution in [3.8, 4) is 0 Å². The van der Waals surface area contributed by atoms with E-state index in [9.17, 15) is 4.79 Å². The SMILES string of the molecule is CN(C)CCCCC(=O)CCCC/C=C/CCCCCC[C@H]1C=CCC1. The van der Waals surface area contributed by atoms with Gasteiger partial charge in [0.15, 0.2) is 0 Å². The zero-order valence-electron chi connectivity index (χ0n) is 17.6. The molecular weight excluding hydrogens is 318 g/mol. The molecule has 0 saturated heterocycles. The van der Waals surface area contributed by atoms with Gasteiger partial charge in [-0.2, -0.15) is 0 Å². The second kappa shape index (κ2) is 16.3. The maximum atomic E-state index is 11.8. The minimum absolute atomic E-state index is 0.459. The van der Waals surface area contributed by atoms with E-state index in [2.05, 4.69) is 43.3 Å². The lowest BCUT2D eigenvalue weighted by Gasteiger charge is -2.08. The molecular formula is C24H43NO. The van der Waals surface area contributed by atoms with E-state index >= 15 is 0 Å². The minimum Gasteiger partial charge on any atom is -0.309 e. The van der Waals surface area contributed by atoms with Crippen LogP contribution in [0.4, 0.5) is 0 Å². The third kappa shape index (κ3) is 14.3. The predicted octanol–water partition coefficient (Wildman–Crippen LogP) is 6.71. The number of carbonyl (C=O) groups is 1. The molecule has 0 amide bonds. The van der Waals surface area contributed by atoms with E-state index in [0.29, 0.717) is 5.78 Å². The Labute approximate surface area is 163 Å². The van der Waals surface area contributed by atoms with Crippen LogP contribution in [-0.4, -0.2) is 31.3 Å². The summed E-state index contributed by atoms with van der Waals surface area (Å²) in [6, 6.07) is 0. The van der Waals surface area contributed by atoms with Crippen molar-refractivity contribution in [3.05, 3.63) is 24.3 Å². The quantitative estimate of drug-likeness (QED) is 0.212. The second-order valence-corrected chi connectivity index (χ2v) is 8.27. The highest BCUT2D eigenvalue weighted by atomic mass is 16.1. The highest BCUT2D eigenvalue weighted by Crippen LogP contribution is 2.23. The molecule has 26 heavy (non-hydrogen) atoms. The van der Waals surface area contributed by atoms with Crippen LogP contribution >= 0.6 is 0 Å². The van der Waals surface area contributed by atoms with Crippen LogP contribution in [-0.2, 0) is 4.79 Å². The third-order valence-electron chi connectivity index (χ3n) is 5.36. The van der Waals surface area contributed by atoms with Gasteiger partial charge in [-0.25, -0.2) is 0 Å². The first-order chi connectivity index (χ1) is 12.7. The van der Waals surface area contributed by atoms with E-state index in [-0.39, 0.29) is 0 Å². The van der Waals surface area contributed by atoms with Crippen molar-refractivity contribution in [2.24, 2.45) is 5.92 Å². The van der Waals surface area contributed by atoms with Gasteiger partial charge < -0.3 is 4.90 Å². The Bertz CT molecular complexity index is 397. The number of hydrogen-bond acceptors (Lipinski definition) is 2. The average molecular weight is 362 g/mol. The maximum absolute atomic E-state index is 11.8.